The van der Waals surface area contributed by atoms with E-state index >= 15 is 0 Å². The first-order chi connectivity index (χ1) is 9.25. The maximum atomic E-state index is 11.8. The SMILES string of the molecule is O=C(NCCOc1cccc(Br)c1)N1CCCCC1. The van der Waals surface area contributed by atoms with E-state index in [0.717, 1.165) is 36.2 Å². The van der Waals surface area contributed by atoms with Crippen molar-refractivity contribution in [2.45, 2.75) is 19.3 Å². The molecular weight excluding hydrogens is 308 g/mol. The second-order valence-electron chi connectivity index (χ2n) is 4.59. The van der Waals surface area contributed by atoms with Crippen LogP contribution in [-0.2, 0) is 0 Å². The Morgan fingerprint density at radius 3 is 2.84 bits per heavy atom. The van der Waals surface area contributed by atoms with Gasteiger partial charge in [0.25, 0.3) is 0 Å². The van der Waals surface area contributed by atoms with Gasteiger partial charge in [0.05, 0.1) is 6.54 Å². The summed E-state index contributed by atoms with van der Waals surface area (Å²) in [6, 6.07) is 7.71. The number of urea groups is 1. The van der Waals surface area contributed by atoms with Gasteiger partial charge in [-0.15, -0.1) is 0 Å². The maximum absolute atomic E-state index is 11.8. The van der Waals surface area contributed by atoms with Crippen molar-refractivity contribution in [2.24, 2.45) is 0 Å². The summed E-state index contributed by atoms with van der Waals surface area (Å²) < 4.78 is 6.55. The lowest BCUT2D eigenvalue weighted by Gasteiger charge is -2.26. The molecule has 0 aromatic heterocycles. The van der Waals surface area contributed by atoms with Crippen molar-refractivity contribution < 1.29 is 9.53 Å². The number of piperidine rings is 1. The number of carbonyl (C=O) groups is 1. The van der Waals surface area contributed by atoms with Gasteiger partial charge in [0, 0.05) is 17.6 Å². The van der Waals surface area contributed by atoms with Gasteiger partial charge in [-0.2, -0.15) is 0 Å². The summed E-state index contributed by atoms with van der Waals surface area (Å²) in [6.07, 6.45) is 3.46. The van der Waals surface area contributed by atoms with Crippen LogP contribution in [0.15, 0.2) is 28.7 Å². The van der Waals surface area contributed by atoms with Crippen molar-refractivity contribution in [1.29, 1.82) is 0 Å². The van der Waals surface area contributed by atoms with Crippen molar-refractivity contribution >= 4 is 22.0 Å². The second kappa shape index (κ2) is 7.38. The molecule has 1 heterocycles. The Balaban J connectivity index is 1.65. The van der Waals surface area contributed by atoms with E-state index in [1.54, 1.807) is 0 Å². The molecule has 19 heavy (non-hydrogen) atoms. The molecule has 0 spiro atoms. The predicted octanol–water partition coefficient (Wildman–Crippen LogP) is 3.02. The standard InChI is InChI=1S/C14H19BrN2O2/c15-12-5-4-6-13(11-12)19-10-7-16-14(18)17-8-2-1-3-9-17/h4-6,11H,1-3,7-10H2,(H,16,18). The molecule has 1 aliphatic heterocycles. The highest BCUT2D eigenvalue weighted by Crippen LogP contribution is 2.17. The molecule has 104 valence electrons. The number of halogens is 1. The molecule has 0 bridgehead atoms. The van der Waals surface area contributed by atoms with E-state index in [0.29, 0.717) is 13.2 Å². The van der Waals surface area contributed by atoms with Crippen LogP contribution >= 0.6 is 15.9 Å². The Morgan fingerprint density at radius 1 is 1.32 bits per heavy atom. The Hall–Kier alpha value is -1.23. The number of amides is 2. The van der Waals surface area contributed by atoms with Crippen LogP contribution in [0.1, 0.15) is 19.3 Å². The summed E-state index contributed by atoms with van der Waals surface area (Å²) >= 11 is 3.39. The third-order valence-electron chi connectivity index (χ3n) is 3.09. The largest absolute Gasteiger partial charge is 0.492 e. The minimum atomic E-state index is 0.0255. The first-order valence-electron chi connectivity index (χ1n) is 6.67. The van der Waals surface area contributed by atoms with E-state index in [1.165, 1.54) is 6.42 Å². The van der Waals surface area contributed by atoms with Crippen LogP contribution < -0.4 is 10.1 Å². The molecule has 1 aromatic rings. The number of nitrogens with one attached hydrogen (secondary N) is 1. The molecule has 1 aromatic carbocycles. The number of benzene rings is 1. The van der Waals surface area contributed by atoms with Crippen molar-refractivity contribution in [3.63, 3.8) is 0 Å². The quantitative estimate of drug-likeness (QED) is 0.864. The Bertz CT molecular complexity index is 420. The van der Waals surface area contributed by atoms with Crippen molar-refractivity contribution in [1.82, 2.24) is 10.2 Å². The zero-order valence-electron chi connectivity index (χ0n) is 10.9. The predicted molar refractivity (Wildman–Crippen MR) is 78.5 cm³/mol. The summed E-state index contributed by atoms with van der Waals surface area (Å²) in [5.74, 6) is 0.807. The topological polar surface area (TPSA) is 41.6 Å². The molecule has 5 heteroatoms. The first-order valence-corrected chi connectivity index (χ1v) is 7.46. The molecule has 1 saturated heterocycles. The van der Waals surface area contributed by atoms with Crippen LogP contribution in [0.3, 0.4) is 0 Å². The molecule has 0 saturated carbocycles. The molecule has 1 N–H and O–H groups in total. The van der Waals surface area contributed by atoms with Crippen LogP contribution in [0.2, 0.25) is 0 Å². The van der Waals surface area contributed by atoms with E-state index in [2.05, 4.69) is 21.2 Å². The lowest BCUT2D eigenvalue weighted by molar-refractivity contribution is 0.184. The van der Waals surface area contributed by atoms with Gasteiger partial charge < -0.3 is 15.0 Å². The van der Waals surface area contributed by atoms with Crippen LogP contribution in [0.5, 0.6) is 5.75 Å². The molecule has 0 radical (unpaired) electrons. The van der Waals surface area contributed by atoms with Crippen LogP contribution in [-0.4, -0.2) is 37.2 Å². The average molecular weight is 327 g/mol. The normalized spacial score (nSPS) is 15.1. The van der Waals surface area contributed by atoms with Gasteiger partial charge in [0.1, 0.15) is 12.4 Å². The summed E-state index contributed by atoms with van der Waals surface area (Å²) in [6.45, 7) is 2.76. The second-order valence-corrected chi connectivity index (χ2v) is 5.50. The molecule has 0 unspecified atom stereocenters. The molecule has 2 amide bonds. The smallest absolute Gasteiger partial charge is 0.317 e. The highest BCUT2D eigenvalue weighted by atomic mass is 79.9. The maximum Gasteiger partial charge on any atom is 0.317 e. The lowest BCUT2D eigenvalue weighted by Crippen LogP contribution is -2.43. The van der Waals surface area contributed by atoms with E-state index < -0.39 is 0 Å². The third kappa shape index (κ3) is 4.74. The molecule has 1 aliphatic rings. The Morgan fingerprint density at radius 2 is 2.11 bits per heavy atom. The van der Waals surface area contributed by atoms with Gasteiger partial charge in [-0.3, -0.25) is 0 Å². The lowest BCUT2D eigenvalue weighted by atomic mass is 10.1. The minimum absolute atomic E-state index is 0.0255. The monoisotopic (exact) mass is 326 g/mol. The molecule has 2 rings (SSSR count). The van der Waals surface area contributed by atoms with Crippen molar-refractivity contribution in [3.8, 4) is 5.75 Å². The molecule has 0 atom stereocenters. The first kappa shape index (κ1) is 14.2. The summed E-state index contributed by atoms with van der Waals surface area (Å²) in [5, 5.41) is 2.89. The van der Waals surface area contributed by atoms with Crippen LogP contribution in [0.4, 0.5) is 4.79 Å². The van der Waals surface area contributed by atoms with E-state index in [-0.39, 0.29) is 6.03 Å². The van der Waals surface area contributed by atoms with Gasteiger partial charge in [-0.25, -0.2) is 4.79 Å². The summed E-state index contributed by atoms with van der Waals surface area (Å²) in [7, 11) is 0. The number of carbonyl (C=O) groups excluding carboxylic acids is 1. The van der Waals surface area contributed by atoms with Crippen molar-refractivity contribution in [3.05, 3.63) is 28.7 Å². The summed E-state index contributed by atoms with van der Waals surface area (Å²) in [5.41, 5.74) is 0. The van der Waals surface area contributed by atoms with Gasteiger partial charge in [-0.1, -0.05) is 22.0 Å². The average Bonchev–Trinajstić information content (AvgIpc) is 2.44. The highest BCUT2D eigenvalue weighted by Gasteiger charge is 2.15. The number of hydrogen-bond donors (Lipinski definition) is 1. The fraction of sp³-hybridized carbons (Fsp3) is 0.500. The van der Waals surface area contributed by atoms with Crippen molar-refractivity contribution in [2.75, 3.05) is 26.2 Å². The molecule has 4 nitrogen and oxygen atoms in total. The zero-order valence-corrected chi connectivity index (χ0v) is 12.5. The molecular formula is C14H19BrN2O2. The van der Waals surface area contributed by atoms with Gasteiger partial charge in [0.2, 0.25) is 0 Å². The fourth-order valence-corrected chi connectivity index (χ4v) is 2.47. The van der Waals surface area contributed by atoms with Gasteiger partial charge in [0.15, 0.2) is 0 Å². The van der Waals surface area contributed by atoms with E-state index in [9.17, 15) is 4.79 Å². The number of hydrogen-bond acceptors (Lipinski definition) is 2. The Labute approximate surface area is 122 Å². The Kier molecular flexibility index (Phi) is 5.51. The number of nitrogens with zero attached hydrogens (tertiary/aromatic N) is 1. The van der Waals surface area contributed by atoms with Gasteiger partial charge in [-0.05, 0) is 37.5 Å². The summed E-state index contributed by atoms with van der Waals surface area (Å²) in [4.78, 5) is 13.7. The minimum Gasteiger partial charge on any atom is -0.492 e. The number of ether oxygens (including phenoxy) is 1. The van der Waals surface area contributed by atoms with E-state index in [4.69, 9.17) is 4.74 Å². The fourth-order valence-electron chi connectivity index (χ4n) is 2.09. The molecule has 1 fully saturated rings. The number of likely N-dealkylation sites (tertiary alicyclic amines) is 1. The zero-order chi connectivity index (χ0) is 13.5. The van der Waals surface area contributed by atoms with Crippen LogP contribution in [0.25, 0.3) is 0 Å². The van der Waals surface area contributed by atoms with Gasteiger partial charge >= 0.3 is 6.03 Å². The molecule has 0 aliphatic carbocycles. The van der Waals surface area contributed by atoms with E-state index in [1.807, 2.05) is 29.2 Å². The highest BCUT2D eigenvalue weighted by molar-refractivity contribution is 9.10. The van der Waals surface area contributed by atoms with Crippen LogP contribution in [0, 0.1) is 0 Å². The third-order valence-corrected chi connectivity index (χ3v) is 3.58. The number of rotatable bonds is 4.